The van der Waals surface area contributed by atoms with E-state index in [9.17, 15) is 4.39 Å². The Morgan fingerprint density at radius 3 is 2.38 bits per heavy atom. The third kappa shape index (κ3) is 4.00. The molecule has 2 rings (SSSR count). The van der Waals surface area contributed by atoms with Crippen molar-refractivity contribution in [1.82, 2.24) is 0 Å². The van der Waals surface area contributed by atoms with E-state index in [0.29, 0.717) is 5.56 Å². The topological polar surface area (TPSA) is 12.4 Å². The summed E-state index contributed by atoms with van der Waals surface area (Å²) in [5.41, 5.74) is 2.59. The van der Waals surface area contributed by atoms with Gasteiger partial charge in [-0.2, -0.15) is 4.99 Å². The maximum absolute atomic E-state index is 13.8. The smallest absolute Gasteiger partial charge is 0.152 e. The van der Waals surface area contributed by atoms with Crippen LogP contribution in [-0.4, -0.2) is 5.16 Å². The molecule has 0 radical (unpaired) electrons. The molecule has 0 saturated carbocycles. The van der Waals surface area contributed by atoms with Crippen molar-refractivity contribution in [1.29, 1.82) is 0 Å². The van der Waals surface area contributed by atoms with Crippen LogP contribution in [0.3, 0.4) is 0 Å². The molecule has 0 fully saturated rings. The zero-order valence-electron chi connectivity index (χ0n) is 11.3. The molecule has 21 heavy (non-hydrogen) atoms. The Hall–Kier alpha value is -1.98. The van der Waals surface area contributed by atoms with Gasteiger partial charge in [0.1, 0.15) is 5.69 Å². The van der Waals surface area contributed by atoms with Gasteiger partial charge in [-0.05, 0) is 48.5 Å². The molecule has 0 spiro atoms. The minimum absolute atomic E-state index is 0.00971. The van der Waals surface area contributed by atoms with Gasteiger partial charge >= 0.3 is 0 Å². The average Bonchev–Trinajstić information content (AvgIpc) is 2.49. The van der Waals surface area contributed by atoms with E-state index < -0.39 is 5.82 Å². The van der Waals surface area contributed by atoms with Crippen molar-refractivity contribution in [2.75, 3.05) is 0 Å². The Labute approximate surface area is 133 Å². The van der Waals surface area contributed by atoms with Crippen molar-refractivity contribution in [3.63, 3.8) is 0 Å². The van der Waals surface area contributed by atoms with Crippen LogP contribution >= 0.6 is 23.8 Å². The Balaban J connectivity index is 2.32. The lowest BCUT2D eigenvalue weighted by Gasteiger charge is -2.00. The van der Waals surface area contributed by atoms with E-state index in [1.165, 1.54) is 11.6 Å². The second-order valence-corrected chi connectivity index (χ2v) is 4.88. The molecule has 2 aromatic carbocycles. The number of aliphatic imine (C=N–C) groups is 1. The van der Waals surface area contributed by atoms with E-state index in [-0.39, 0.29) is 10.7 Å². The summed E-state index contributed by atoms with van der Waals surface area (Å²) >= 11 is 10.4. The van der Waals surface area contributed by atoms with Gasteiger partial charge in [0.15, 0.2) is 5.82 Å². The van der Waals surface area contributed by atoms with Crippen molar-refractivity contribution < 1.29 is 4.39 Å². The van der Waals surface area contributed by atoms with Gasteiger partial charge in [0, 0.05) is 11.1 Å². The maximum atomic E-state index is 13.8. The third-order valence-electron chi connectivity index (χ3n) is 2.89. The molecule has 0 amide bonds. The van der Waals surface area contributed by atoms with Crippen LogP contribution in [0.5, 0.6) is 0 Å². The number of isothiocyanates is 1. The van der Waals surface area contributed by atoms with Gasteiger partial charge in [-0.15, -0.1) is 0 Å². The number of aryl methyl sites for hydroxylation is 1. The molecule has 0 aliphatic carbocycles. The molecule has 0 aromatic heterocycles. The van der Waals surface area contributed by atoms with Gasteiger partial charge in [0.2, 0.25) is 0 Å². The highest BCUT2D eigenvalue weighted by atomic mass is 35.5. The van der Waals surface area contributed by atoms with Gasteiger partial charge in [-0.3, -0.25) is 0 Å². The lowest BCUT2D eigenvalue weighted by atomic mass is 10.1. The lowest BCUT2D eigenvalue weighted by molar-refractivity contribution is 0.630. The van der Waals surface area contributed by atoms with E-state index in [2.05, 4.69) is 41.1 Å². The summed E-state index contributed by atoms with van der Waals surface area (Å²) in [6.45, 7) is 2.09. The quantitative estimate of drug-likeness (QED) is 0.423. The van der Waals surface area contributed by atoms with Crippen LogP contribution in [0.15, 0.2) is 41.4 Å². The highest BCUT2D eigenvalue weighted by molar-refractivity contribution is 7.78. The molecule has 0 heterocycles. The monoisotopic (exact) mass is 315 g/mol. The van der Waals surface area contributed by atoms with Crippen LogP contribution < -0.4 is 0 Å². The fraction of sp³-hybridized carbons (Fsp3) is 0.118. The average molecular weight is 316 g/mol. The van der Waals surface area contributed by atoms with Crippen molar-refractivity contribution >= 4 is 34.7 Å². The summed E-state index contributed by atoms with van der Waals surface area (Å²) in [4.78, 5) is 3.59. The standard InChI is InChI=1S/C17H11ClFNS/c1-2-12-3-5-13(6-4-12)7-8-14-9-15(18)17(20-11-21)16(19)10-14/h3-6,9-10H,2H2,1H3. The van der Waals surface area contributed by atoms with Crippen molar-refractivity contribution in [2.45, 2.75) is 13.3 Å². The van der Waals surface area contributed by atoms with Crippen LogP contribution in [-0.2, 0) is 6.42 Å². The molecule has 0 bridgehead atoms. The number of thiocarbonyl (C=S) groups is 1. The largest absolute Gasteiger partial charge is 0.204 e. The van der Waals surface area contributed by atoms with E-state index >= 15 is 0 Å². The predicted octanol–water partition coefficient (Wildman–Crippen LogP) is 5.18. The maximum Gasteiger partial charge on any atom is 0.152 e. The van der Waals surface area contributed by atoms with Crippen molar-refractivity contribution in [2.24, 2.45) is 4.99 Å². The third-order valence-corrected chi connectivity index (χ3v) is 3.27. The summed E-state index contributed by atoms with van der Waals surface area (Å²) in [5.74, 6) is 5.30. The molecular weight excluding hydrogens is 305 g/mol. The zero-order valence-corrected chi connectivity index (χ0v) is 12.9. The van der Waals surface area contributed by atoms with Gasteiger partial charge in [0.05, 0.1) is 10.2 Å². The molecule has 0 N–H and O–H groups in total. The second-order valence-electron chi connectivity index (χ2n) is 4.29. The van der Waals surface area contributed by atoms with Gasteiger partial charge in [-0.1, -0.05) is 42.5 Å². The van der Waals surface area contributed by atoms with Crippen molar-refractivity contribution in [3.05, 3.63) is 63.9 Å². The first-order valence-corrected chi connectivity index (χ1v) is 7.10. The molecule has 0 saturated heterocycles. The highest BCUT2D eigenvalue weighted by Gasteiger charge is 2.07. The molecular formula is C17H11ClFNS. The number of rotatable bonds is 2. The predicted molar refractivity (Wildman–Crippen MR) is 87.9 cm³/mol. The second kappa shape index (κ2) is 7.15. The summed E-state index contributed by atoms with van der Waals surface area (Å²) in [7, 11) is 0. The number of benzene rings is 2. The molecule has 4 heteroatoms. The molecule has 2 aromatic rings. The summed E-state index contributed by atoms with van der Waals surface area (Å²) in [6.07, 6.45) is 0.983. The first-order valence-electron chi connectivity index (χ1n) is 6.32. The highest BCUT2D eigenvalue weighted by Crippen LogP contribution is 2.28. The van der Waals surface area contributed by atoms with Gasteiger partial charge in [-0.25, -0.2) is 4.39 Å². The molecule has 0 aliphatic rings. The minimum atomic E-state index is -0.564. The van der Waals surface area contributed by atoms with Gasteiger partial charge in [0.25, 0.3) is 0 Å². The molecule has 104 valence electrons. The van der Waals surface area contributed by atoms with Crippen molar-refractivity contribution in [3.8, 4) is 11.8 Å². The Bertz CT molecular complexity index is 743. The minimum Gasteiger partial charge on any atom is -0.204 e. The fourth-order valence-electron chi connectivity index (χ4n) is 1.76. The molecule has 1 nitrogen and oxygen atoms in total. The summed E-state index contributed by atoms with van der Waals surface area (Å²) in [6, 6.07) is 10.8. The van der Waals surface area contributed by atoms with Crippen LogP contribution in [0.25, 0.3) is 0 Å². The van der Waals surface area contributed by atoms with Crippen LogP contribution in [0, 0.1) is 17.7 Å². The van der Waals surface area contributed by atoms with Crippen LogP contribution in [0.2, 0.25) is 5.02 Å². The Morgan fingerprint density at radius 1 is 1.14 bits per heavy atom. The van der Waals surface area contributed by atoms with E-state index in [0.717, 1.165) is 12.0 Å². The molecule has 0 aliphatic heterocycles. The first-order chi connectivity index (χ1) is 10.1. The molecule has 0 atom stereocenters. The normalized spacial score (nSPS) is 9.48. The number of hydrogen-bond acceptors (Lipinski definition) is 2. The zero-order chi connectivity index (χ0) is 15.2. The van der Waals surface area contributed by atoms with E-state index in [1.807, 2.05) is 24.3 Å². The number of nitrogens with zero attached hydrogens (tertiary/aromatic N) is 1. The van der Waals surface area contributed by atoms with Crippen LogP contribution in [0.4, 0.5) is 10.1 Å². The fourth-order valence-corrected chi connectivity index (χ4v) is 2.10. The number of halogens is 2. The summed E-state index contributed by atoms with van der Waals surface area (Å²) in [5, 5.41) is 2.27. The Morgan fingerprint density at radius 2 is 1.81 bits per heavy atom. The van der Waals surface area contributed by atoms with Crippen LogP contribution in [0.1, 0.15) is 23.6 Å². The van der Waals surface area contributed by atoms with E-state index in [4.69, 9.17) is 11.6 Å². The Kier molecular flexibility index (Phi) is 5.25. The van der Waals surface area contributed by atoms with Gasteiger partial charge < -0.3 is 0 Å². The number of hydrogen-bond donors (Lipinski definition) is 0. The molecule has 0 unspecified atom stereocenters. The van der Waals surface area contributed by atoms with E-state index in [1.54, 1.807) is 6.07 Å². The first kappa shape index (κ1) is 15.4. The summed E-state index contributed by atoms with van der Waals surface area (Å²) < 4.78 is 13.8. The lowest BCUT2D eigenvalue weighted by Crippen LogP contribution is -1.83. The SMILES string of the molecule is CCc1ccc(C#Cc2cc(F)c(N=C=S)c(Cl)c2)cc1.